The maximum atomic E-state index is 11.7. The zero-order valence-corrected chi connectivity index (χ0v) is 11.7. The van der Waals surface area contributed by atoms with E-state index in [4.69, 9.17) is 4.74 Å². The summed E-state index contributed by atoms with van der Waals surface area (Å²) in [6.45, 7) is 5.83. The molecule has 4 nitrogen and oxygen atoms in total. The molecule has 0 spiro atoms. The van der Waals surface area contributed by atoms with E-state index in [-0.39, 0.29) is 18.1 Å². The smallest absolute Gasteiger partial charge is 0.244 e. The zero-order valence-electron chi connectivity index (χ0n) is 11.7. The fraction of sp³-hybridized carbons (Fsp3) is 0.500. The highest BCUT2D eigenvalue weighted by atomic mass is 16.5. The van der Waals surface area contributed by atoms with Crippen LogP contribution in [0.15, 0.2) is 24.3 Å². The minimum absolute atomic E-state index is 0.0532. The summed E-state index contributed by atoms with van der Waals surface area (Å²) in [5, 5.41) is 3.16. The van der Waals surface area contributed by atoms with Crippen LogP contribution in [-0.2, 0) is 4.79 Å². The molecule has 0 radical (unpaired) electrons. The predicted octanol–water partition coefficient (Wildman–Crippen LogP) is 2.36. The number of hydrogen-bond acceptors (Lipinski definition) is 3. The second-order valence-electron chi connectivity index (χ2n) is 4.79. The van der Waals surface area contributed by atoms with Crippen molar-refractivity contribution in [2.75, 3.05) is 19.4 Å². The molecule has 0 aliphatic carbocycles. The Balaban J connectivity index is 2.61. The number of likely N-dealkylation sites (N-methyl/N-ethyl adjacent to an activating group) is 1. The maximum absolute atomic E-state index is 11.7. The summed E-state index contributed by atoms with van der Waals surface area (Å²) < 4.78 is 5.56. The van der Waals surface area contributed by atoms with Gasteiger partial charge in [-0.15, -0.1) is 0 Å². The van der Waals surface area contributed by atoms with Gasteiger partial charge in [-0.1, -0.05) is 0 Å². The molecule has 1 unspecified atom stereocenters. The number of carbonyl (C=O) groups excluding carboxylic acids is 1. The molecule has 1 N–H and O–H groups in total. The number of hydrogen-bond donors (Lipinski definition) is 1. The van der Waals surface area contributed by atoms with E-state index in [9.17, 15) is 4.79 Å². The van der Waals surface area contributed by atoms with Crippen LogP contribution in [0.1, 0.15) is 20.8 Å². The lowest BCUT2D eigenvalue weighted by molar-refractivity contribution is -0.129. The molecule has 0 fully saturated rings. The van der Waals surface area contributed by atoms with Crippen molar-refractivity contribution in [3.63, 3.8) is 0 Å². The van der Waals surface area contributed by atoms with Crippen molar-refractivity contribution < 1.29 is 9.53 Å². The highest BCUT2D eigenvalue weighted by Gasteiger charge is 2.14. The minimum atomic E-state index is -0.239. The van der Waals surface area contributed by atoms with Crippen LogP contribution in [0.4, 0.5) is 5.69 Å². The maximum Gasteiger partial charge on any atom is 0.244 e. The molecule has 0 aromatic heterocycles. The summed E-state index contributed by atoms with van der Waals surface area (Å²) in [5.74, 6) is 0.889. The monoisotopic (exact) mass is 250 g/mol. The standard InChI is InChI=1S/C14H22N2O2/c1-10(2)18-13-8-6-12(7-9-13)15-11(3)14(17)16(4)5/h6-11,15H,1-5H3. The molecule has 1 atom stereocenters. The molecule has 0 saturated carbocycles. The molecule has 0 heterocycles. The Bertz CT molecular complexity index is 385. The number of amides is 1. The van der Waals surface area contributed by atoms with Crippen molar-refractivity contribution in [1.82, 2.24) is 4.90 Å². The van der Waals surface area contributed by atoms with Gasteiger partial charge in [0.1, 0.15) is 11.8 Å². The fourth-order valence-electron chi connectivity index (χ4n) is 1.60. The Hall–Kier alpha value is -1.71. The third-order valence-corrected chi connectivity index (χ3v) is 2.42. The first-order chi connectivity index (χ1) is 8.40. The van der Waals surface area contributed by atoms with Crippen LogP contribution < -0.4 is 10.1 Å². The Morgan fingerprint density at radius 3 is 2.17 bits per heavy atom. The third kappa shape index (κ3) is 4.28. The first-order valence-electron chi connectivity index (χ1n) is 6.14. The molecular formula is C14H22N2O2. The molecule has 1 aromatic carbocycles. The summed E-state index contributed by atoms with van der Waals surface area (Å²) in [6.07, 6.45) is 0.165. The largest absolute Gasteiger partial charge is 0.491 e. The molecule has 18 heavy (non-hydrogen) atoms. The molecular weight excluding hydrogens is 228 g/mol. The lowest BCUT2D eigenvalue weighted by Crippen LogP contribution is -2.36. The van der Waals surface area contributed by atoms with Crippen molar-refractivity contribution in [3.8, 4) is 5.75 Å². The number of nitrogens with zero attached hydrogens (tertiary/aromatic N) is 1. The molecule has 0 bridgehead atoms. The Morgan fingerprint density at radius 1 is 1.17 bits per heavy atom. The topological polar surface area (TPSA) is 41.6 Å². The van der Waals surface area contributed by atoms with E-state index >= 15 is 0 Å². The Morgan fingerprint density at radius 2 is 1.72 bits per heavy atom. The molecule has 4 heteroatoms. The third-order valence-electron chi connectivity index (χ3n) is 2.42. The van der Waals surface area contributed by atoms with Crippen LogP contribution in [0.3, 0.4) is 0 Å². The van der Waals surface area contributed by atoms with Crippen LogP contribution in [0, 0.1) is 0 Å². The summed E-state index contributed by atoms with van der Waals surface area (Å²) in [5.41, 5.74) is 0.911. The van der Waals surface area contributed by atoms with Gasteiger partial charge < -0.3 is 15.0 Å². The SMILES string of the molecule is CC(C)Oc1ccc(NC(C)C(=O)N(C)C)cc1. The first kappa shape index (κ1) is 14.4. The molecule has 1 amide bonds. The number of anilines is 1. The number of nitrogens with one attached hydrogen (secondary N) is 1. The van der Waals surface area contributed by atoms with Gasteiger partial charge in [0.2, 0.25) is 5.91 Å². The van der Waals surface area contributed by atoms with Gasteiger partial charge in [-0.25, -0.2) is 0 Å². The molecule has 0 aliphatic heterocycles. The second-order valence-corrected chi connectivity index (χ2v) is 4.79. The summed E-state index contributed by atoms with van der Waals surface area (Å²) >= 11 is 0. The number of carbonyl (C=O) groups is 1. The van der Waals surface area contributed by atoms with Crippen molar-refractivity contribution >= 4 is 11.6 Å². The predicted molar refractivity (Wildman–Crippen MR) is 74.0 cm³/mol. The molecule has 0 saturated heterocycles. The van der Waals surface area contributed by atoms with Crippen LogP contribution in [0.25, 0.3) is 0 Å². The molecule has 0 aliphatic rings. The van der Waals surface area contributed by atoms with Crippen molar-refractivity contribution in [2.45, 2.75) is 32.9 Å². The average molecular weight is 250 g/mol. The van der Waals surface area contributed by atoms with Crippen LogP contribution in [-0.4, -0.2) is 37.0 Å². The van der Waals surface area contributed by atoms with E-state index in [0.717, 1.165) is 11.4 Å². The van der Waals surface area contributed by atoms with E-state index in [1.165, 1.54) is 0 Å². The van der Waals surface area contributed by atoms with Crippen molar-refractivity contribution in [1.29, 1.82) is 0 Å². The van der Waals surface area contributed by atoms with Gasteiger partial charge in [0.05, 0.1) is 6.10 Å². The van der Waals surface area contributed by atoms with E-state index in [1.807, 2.05) is 45.0 Å². The minimum Gasteiger partial charge on any atom is -0.491 e. The molecule has 100 valence electrons. The normalized spacial score (nSPS) is 12.1. The van der Waals surface area contributed by atoms with Gasteiger partial charge in [0, 0.05) is 19.8 Å². The van der Waals surface area contributed by atoms with Gasteiger partial charge in [-0.05, 0) is 45.0 Å². The van der Waals surface area contributed by atoms with E-state index in [1.54, 1.807) is 19.0 Å². The number of benzene rings is 1. The Labute approximate surface area is 109 Å². The van der Waals surface area contributed by atoms with Crippen molar-refractivity contribution in [2.24, 2.45) is 0 Å². The Kier molecular flexibility index (Phi) is 5.01. The average Bonchev–Trinajstić information content (AvgIpc) is 2.29. The van der Waals surface area contributed by atoms with Gasteiger partial charge in [-0.3, -0.25) is 4.79 Å². The van der Waals surface area contributed by atoms with E-state index < -0.39 is 0 Å². The summed E-state index contributed by atoms with van der Waals surface area (Å²) in [7, 11) is 3.50. The lowest BCUT2D eigenvalue weighted by atomic mass is 10.2. The van der Waals surface area contributed by atoms with Crippen molar-refractivity contribution in [3.05, 3.63) is 24.3 Å². The van der Waals surface area contributed by atoms with Crippen LogP contribution in [0.2, 0.25) is 0 Å². The summed E-state index contributed by atoms with van der Waals surface area (Å²) in [4.78, 5) is 13.3. The second kappa shape index (κ2) is 6.28. The molecule has 1 rings (SSSR count). The first-order valence-corrected chi connectivity index (χ1v) is 6.14. The van der Waals surface area contributed by atoms with Gasteiger partial charge in [-0.2, -0.15) is 0 Å². The fourth-order valence-corrected chi connectivity index (χ4v) is 1.60. The highest BCUT2D eigenvalue weighted by Crippen LogP contribution is 2.17. The van der Waals surface area contributed by atoms with Gasteiger partial charge in [0.25, 0.3) is 0 Å². The molecule has 1 aromatic rings. The van der Waals surface area contributed by atoms with Crippen LogP contribution in [0.5, 0.6) is 5.75 Å². The van der Waals surface area contributed by atoms with Crippen LogP contribution >= 0.6 is 0 Å². The lowest BCUT2D eigenvalue weighted by Gasteiger charge is -2.19. The van der Waals surface area contributed by atoms with Gasteiger partial charge >= 0.3 is 0 Å². The van der Waals surface area contributed by atoms with E-state index in [2.05, 4.69) is 5.32 Å². The van der Waals surface area contributed by atoms with Gasteiger partial charge in [0.15, 0.2) is 0 Å². The number of ether oxygens (including phenoxy) is 1. The number of rotatable bonds is 5. The highest BCUT2D eigenvalue weighted by molar-refractivity contribution is 5.83. The summed E-state index contributed by atoms with van der Waals surface area (Å²) in [6, 6.07) is 7.38. The van der Waals surface area contributed by atoms with E-state index in [0.29, 0.717) is 0 Å². The quantitative estimate of drug-likeness (QED) is 0.872. The zero-order chi connectivity index (χ0) is 13.7.